The summed E-state index contributed by atoms with van der Waals surface area (Å²) in [6, 6.07) is 0.286. The van der Waals surface area contributed by atoms with E-state index in [1.54, 1.807) is 11.8 Å². The van der Waals surface area contributed by atoms with Crippen LogP contribution in [0.2, 0.25) is 0 Å². The minimum Gasteiger partial charge on any atom is -0.406 e. The van der Waals surface area contributed by atoms with Crippen LogP contribution in [0.3, 0.4) is 0 Å². The Bertz CT molecular complexity index is 208. The molecule has 1 rings (SSSR count). The Balaban J connectivity index is 2.82. The monoisotopic (exact) mass is 156 g/mol. The lowest BCUT2D eigenvalue weighted by Gasteiger charge is -2.03. The molecule has 0 aliphatic heterocycles. The van der Waals surface area contributed by atoms with Crippen molar-refractivity contribution < 1.29 is 4.42 Å². The SMILES string of the molecule is CC(N)c1nnc(N(C)C)o1. The topological polar surface area (TPSA) is 68.2 Å². The van der Waals surface area contributed by atoms with E-state index < -0.39 is 0 Å². The first-order valence-electron chi connectivity index (χ1n) is 3.37. The summed E-state index contributed by atoms with van der Waals surface area (Å²) >= 11 is 0. The third-order valence-electron chi connectivity index (χ3n) is 1.20. The van der Waals surface area contributed by atoms with Gasteiger partial charge in [0.2, 0.25) is 5.89 Å². The normalized spacial score (nSPS) is 13.1. The molecule has 0 aliphatic rings. The molecule has 1 atom stereocenters. The number of hydrogen-bond acceptors (Lipinski definition) is 5. The van der Waals surface area contributed by atoms with Crippen molar-refractivity contribution in [1.29, 1.82) is 0 Å². The van der Waals surface area contributed by atoms with Gasteiger partial charge in [0.15, 0.2) is 0 Å². The Morgan fingerprint density at radius 3 is 2.36 bits per heavy atom. The second-order valence-corrected chi connectivity index (χ2v) is 2.61. The molecule has 0 fully saturated rings. The van der Waals surface area contributed by atoms with Crippen molar-refractivity contribution >= 4 is 6.01 Å². The average Bonchev–Trinajstić information content (AvgIpc) is 2.33. The van der Waals surface area contributed by atoms with Crippen molar-refractivity contribution in [2.24, 2.45) is 5.73 Å². The van der Waals surface area contributed by atoms with Crippen molar-refractivity contribution in [2.45, 2.75) is 13.0 Å². The summed E-state index contributed by atoms with van der Waals surface area (Å²) in [6.07, 6.45) is 0. The van der Waals surface area contributed by atoms with Crippen LogP contribution in [0.25, 0.3) is 0 Å². The van der Waals surface area contributed by atoms with Gasteiger partial charge in [-0.1, -0.05) is 5.10 Å². The third kappa shape index (κ3) is 1.68. The van der Waals surface area contributed by atoms with E-state index in [9.17, 15) is 0 Å². The first-order chi connectivity index (χ1) is 5.11. The quantitative estimate of drug-likeness (QED) is 0.660. The molecule has 0 radical (unpaired) electrons. The zero-order valence-electron chi connectivity index (χ0n) is 6.90. The van der Waals surface area contributed by atoms with Crippen LogP contribution in [0.15, 0.2) is 4.42 Å². The molecule has 5 nitrogen and oxygen atoms in total. The molecule has 1 aromatic heterocycles. The fourth-order valence-electron chi connectivity index (χ4n) is 0.591. The second kappa shape index (κ2) is 2.87. The van der Waals surface area contributed by atoms with Gasteiger partial charge in [0.05, 0.1) is 6.04 Å². The van der Waals surface area contributed by atoms with Gasteiger partial charge < -0.3 is 15.1 Å². The van der Waals surface area contributed by atoms with Gasteiger partial charge in [0, 0.05) is 14.1 Å². The van der Waals surface area contributed by atoms with Crippen molar-refractivity contribution in [1.82, 2.24) is 10.2 Å². The van der Waals surface area contributed by atoms with Crippen molar-refractivity contribution in [3.8, 4) is 0 Å². The lowest BCUT2D eigenvalue weighted by molar-refractivity contribution is 0.465. The lowest BCUT2D eigenvalue weighted by atomic mass is 10.4. The van der Waals surface area contributed by atoms with Gasteiger partial charge in [-0.2, -0.15) is 0 Å². The van der Waals surface area contributed by atoms with Gasteiger partial charge in [-0.3, -0.25) is 0 Å². The molecule has 0 saturated carbocycles. The number of rotatable bonds is 2. The molecule has 1 aromatic rings. The molecular formula is C6H12N4O. The molecule has 1 heterocycles. The van der Waals surface area contributed by atoms with E-state index in [0.29, 0.717) is 11.9 Å². The van der Waals surface area contributed by atoms with E-state index in [1.807, 2.05) is 14.1 Å². The Hall–Kier alpha value is -1.10. The minimum absolute atomic E-state index is 0.198. The van der Waals surface area contributed by atoms with Crippen LogP contribution < -0.4 is 10.6 Å². The molecule has 0 bridgehead atoms. The fourth-order valence-corrected chi connectivity index (χ4v) is 0.591. The molecule has 62 valence electrons. The Morgan fingerprint density at radius 2 is 2.09 bits per heavy atom. The standard InChI is InChI=1S/C6H12N4O/c1-4(7)5-8-9-6(11-5)10(2)3/h4H,7H2,1-3H3. The number of nitrogens with zero attached hydrogens (tertiary/aromatic N) is 3. The highest BCUT2D eigenvalue weighted by molar-refractivity contribution is 5.19. The van der Waals surface area contributed by atoms with Gasteiger partial charge in [-0.25, -0.2) is 0 Å². The molecule has 5 heteroatoms. The summed E-state index contributed by atoms with van der Waals surface area (Å²) in [6.45, 7) is 1.80. The number of aromatic nitrogens is 2. The summed E-state index contributed by atoms with van der Waals surface area (Å²) in [7, 11) is 3.66. The van der Waals surface area contributed by atoms with Crippen LogP contribution in [0.5, 0.6) is 0 Å². The van der Waals surface area contributed by atoms with E-state index in [-0.39, 0.29) is 6.04 Å². The maximum Gasteiger partial charge on any atom is 0.317 e. The second-order valence-electron chi connectivity index (χ2n) is 2.61. The van der Waals surface area contributed by atoms with E-state index in [0.717, 1.165) is 0 Å². The van der Waals surface area contributed by atoms with Crippen LogP contribution in [0.4, 0.5) is 6.01 Å². The van der Waals surface area contributed by atoms with Crippen molar-refractivity contribution in [2.75, 3.05) is 19.0 Å². The first kappa shape index (κ1) is 8.00. The molecule has 0 aliphatic carbocycles. The molecule has 0 aromatic carbocycles. The smallest absolute Gasteiger partial charge is 0.317 e. The highest BCUT2D eigenvalue weighted by Crippen LogP contribution is 2.12. The predicted octanol–water partition coefficient (Wildman–Crippen LogP) is 0.155. The molecule has 11 heavy (non-hydrogen) atoms. The predicted molar refractivity (Wildman–Crippen MR) is 41.2 cm³/mol. The van der Waals surface area contributed by atoms with E-state index in [1.165, 1.54) is 0 Å². The Labute approximate surface area is 65.2 Å². The summed E-state index contributed by atoms with van der Waals surface area (Å²) < 4.78 is 5.19. The van der Waals surface area contributed by atoms with Crippen LogP contribution in [-0.4, -0.2) is 24.3 Å². The van der Waals surface area contributed by atoms with Crippen LogP contribution in [0, 0.1) is 0 Å². The van der Waals surface area contributed by atoms with Crippen molar-refractivity contribution in [3.05, 3.63) is 5.89 Å². The molecule has 0 spiro atoms. The van der Waals surface area contributed by atoms with Gasteiger partial charge in [0.25, 0.3) is 0 Å². The lowest BCUT2D eigenvalue weighted by Crippen LogP contribution is -2.08. The molecular weight excluding hydrogens is 144 g/mol. The number of hydrogen-bond donors (Lipinski definition) is 1. The van der Waals surface area contributed by atoms with Gasteiger partial charge in [-0.05, 0) is 6.92 Å². The number of nitrogens with two attached hydrogens (primary N) is 1. The highest BCUT2D eigenvalue weighted by Gasteiger charge is 2.09. The fraction of sp³-hybridized carbons (Fsp3) is 0.667. The molecule has 0 saturated heterocycles. The molecule has 0 amide bonds. The number of anilines is 1. The van der Waals surface area contributed by atoms with Gasteiger partial charge in [0.1, 0.15) is 0 Å². The highest BCUT2D eigenvalue weighted by atomic mass is 16.4. The van der Waals surface area contributed by atoms with Crippen LogP contribution in [0.1, 0.15) is 18.9 Å². The zero-order chi connectivity index (χ0) is 8.43. The summed E-state index contributed by atoms with van der Waals surface area (Å²) in [5.74, 6) is 0.466. The molecule has 2 N–H and O–H groups in total. The van der Waals surface area contributed by atoms with Gasteiger partial charge in [-0.15, -0.1) is 5.10 Å². The van der Waals surface area contributed by atoms with Crippen LogP contribution in [-0.2, 0) is 0 Å². The average molecular weight is 156 g/mol. The van der Waals surface area contributed by atoms with E-state index in [2.05, 4.69) is 10.2 Å². The Kier molecular flexibility index (Phi) is 2.09. The Morgan fingerprint density at radius 1 is 1.45 bits per heavy atom. The maximum absolute atomic E-state index is 5.51. The first-order valence-corrected chi connectivity index (χ1v) is 3.37. The summed E-state index contributed by atoms with van der Waals surface area (Å²) in [5.41, 5.74) is 5.51. The van der Waals surface area contributed by atoms with Gasteiger partial charge >= 0.3 is 6.01 Å². The van der Waals surface area contributed by atoms with E-state index >= 15 is 0 Å². The summed E-state index contributed by atoms with van der Waals surface area (Å²) in [5, 5.41) is 7.52. The van der Waals surface area contributed by atoms with Crippen LogP contribution >= 0.6 is 0 Å². The molecule has 1 unspecified atom stereocenters. The minimum atomic E-state index is -0.198. The van der Waals surface area contributed by atoms with E-state index in [4.69, 9.17) is 10.2 Å². The third-order valence-corrected chi connectivity index (χ3v) is 1.20. The zero-order valence-corrected chi connectivity index (χ0v) is 6.90. The largest absolute Gasteiger partial charge is 0.406 e. The van der Waals surface area contributed by atoms with Crippen molar-refractivity contribution in [3.63, 3.8) is 0 Å². The summed E-state index contributed by atoms with van der Waals surface area (Å²) in [4.78, 5) is 1.74. The maximum atomic E-state index is 5.51.